The smallest absolute Gasteiger partial charge is 0.314 e. The molecule has 0 aromatic heterocycles. The van der Waals surface area contributed by atoms with Gasteiger partial charge in [0.15, 0.2) is 0 Å². The molecule has 4 heteroatoms. The van der Waals surface area contributed by atoms with Crippen LogP contribution in [0, 0.1) is 13.8 Å². The van der Waals surface area contributed by atoms with E-state index >= 15 is 0 Å². The first-order valence-electron chi connectivity index (χ1n) is 9.55. The van der Waals surface area contributed by atoms with Gasteiger partial charge in [0.05, 0.1) is 5.41 Å². The van der Waals surface area contributed by atoms with Crippen LogP contribution in [-0.2, 0) is 21.4 Å². The number of carbonyl (C=O) groups is 2. The summed E-state index contributed by atoms with van der Waals surface area (Å²) in [5.74, 6) is -0.682. The van der Waals surface area contributed by atoms with Gasteiger partial charge in [0.25, 0.3) is 0 Å². The second-order valence-electron chi connectivity index (χ2n) is 7.56. The molecule has 2 aromatic carbocycles. The number of amides is 1. The molecule has 1 amide bonds. The Kier molecular flexibility index (Phi) is 5.64. The molecule has 1 heterocycles. The molecule has 1 aliphatic heterocycles. The molecule has 0 spiro atoms. The van der Waals surface area contributed by atoms with E-state index in [0.29, 0.717) is 32.4 Å². The number of benzene rings is 2. The highest BCUT2D eigenvalue weighted by Crippen LogP contribution is 2.36. The first-order valence-corrected chi connectivity index (χ1v) is 9.55. The predicted octanol–water partition coefficient (Wildman–Crippen LogP) is 3.88. The normalized spacial score (nSPS) is 16.1. The van der Waals surface area contributed by atoms with Crippen molar-refractivity contribution in [3.05, 3.63) is 70.8 Å². The van der Waals surface area contributed by atoms with Gasteiger partial charge in [-0.1, -0.05) is 54.1 Å². The van der Waals surface area contributed by atoms with Gasteiger partial charge in [-0.2, -0.15) is 0 Å². The van der Waals surface area contributed by atoms with E-state index in [9.17, 15) is 14.7 Å². The van der Waals surface area contributed by atoms with Gasteiger partial charge in [-0.15, -0.1) is 0 Å². The van der Waals surface area contributed by atoms with E-state index in [1.54, 1.807) is 0 Å². The molecule has 0 bridgehead atoms. The van der Waals surface area contributed by atoms with Crippen LogP contribution in [0.1, 0.15) is 41.5 Å². The zero-order valence-electron chi connectivity index (χ0n) is 16.1. The summed E-state index contributed by atoms with van der Waals surface area (Å²) in [5, 5.41) is 9.87. The minimum absolute atomic E-state index is 0.113. The molecule has 27 heavy (non-hydrogen) atoms. The van der Waals surface area contributed by atoms with E-state index in [4.69, 9.17) is 0 Å². The third-order valence-electron chi connectivity index (χ3n) is 5.81. The van der Waals surface area contributed by atoms with E-state index in [2.05, 4.69) is 32.0 Å². The van der Waals surface area contributed by atoms with Crippen molar-refractivity contribution in [3.8, 4) is 0 Å². The van der Waals surface area contributed by atoms with Gasteiger partial charge in [0.1, 0.15) is 0 Å². The molecule has 0 atom stereocenters. The fourth-order valence-corrected chi connectivity index (χ4v) is 4.05. The summed E-state index contributed by atoms with van der Waals surface area (Å²) < 4.78 is 0. The largest absolute Gasteiger partial charge is 0.481 e. The molecule has 1 saturated heterocycles. The number of carboxylic acids is 1. The van der Waals surface area contributed by atoms with Gasteiger partial charge in [-0.3, -0.25) is 9.59 Å². The molecule has 4 nitrogen and oxygen atoms in total. The average molecular weight is 365 g/mol. The lowest BCUT2D eigenvalue weighted by Gasteiger charge is -2.39. The lowest BCUT2D eigenvalue weighted by Crippen LogP contribution is -2.49. The van der Waals surface area contributed by atoms with Crippen LogP contribution in [0.15, 0.2) is 48.5 Å². The lowest BCUT2D eigenvalue weighted by atomic mass is 9.73. The standard InChI is InChI=1S/C23H27NO3/c1-17-8-9-19(18(2)16-17)10-11-21(25)24-14-12-23(13-15-24,22(26)27)20-6-4-3-5-7-20/h3-9,16H,10-15H2,1-2H3,(H,26,27). The Morgan fingerprint density at radius 1 is 1.04 bits per heavy atom. The number of hydrogen-bond donors (Lipinski definition) is 1. The van der Waals surface area contributed by atoms with Crippen LogP contribution in [-0.4, -0.2) is 35.0 Å². The van der Waals surface area contributed by atoms with E-state index in [1.807, 2.05) is 35.2 Å². The molecular formula is C23H27NO3. The second kappa shape index (κ2) is 7.95. The topological polar surface area (TPSA) is 57.6 Å². The highest BCUT2D eigenvalue weighted by molar-refractivity contribution is 5.82. The van der Waals surface area contributed by atoms with Crippen LogP contribution >= 0.6 is 0 Å². The number of likely N-dealkylation sites (tertiary alicyclic amines) is 1. The number of aryl methyl sites for hydroxylation is 3. The monoisotopic (exact) mass is 365 g/mol. The summed E-state index contributed by atoms with van der Waals surface area (Å²) in [6.07, 6.45) is 2.11. The average Bonchev–Trinajstić information content (AvgIpc) is 2.67. The quantitative estimate of drug-likeness (QED) is 0.875. The molecule has 1 N–H and O–H groups in total. The van der Waals surface area contributed by atoms with Crippen molar-refractivity contribution < 1.29 is 14.7 Å². The Morgan fingerprint density at radius 3 is 2.30 bits per heavy atom. The summed E-state index contributed by atoms with van der Waals surface area (Å²) in [7, 11) is 0. The Morgan fingerprint density at radius 2 is 1.70 bits per heavy atom. The van der Waals surface area contributed by atoms with Gasteiger partial charge in [-0.25, -0.2) is 0 Å². The molecule has 2 aromatic rings. The van der Waals surface area contributed by atoms with Gasteiger partial charge in [-0.05, 0) is 49.8 Å². The number of piperidine rings is 1. The minimum atomic E-state index is -0.883. The van der Waals surface area contributed by atoms with E-state index < -0.39 is 11.4 Å². The van der Waals surface area contributed by atoms with Crippen LogP contribution in [0.25, 0.3) is 0 Å². The van der Waals surface area contributed by atoms with Crippen LogP contribution in [0.2, 0.25) is 0 Å². The molecule has 142 valence electrons. The number of carboxylic acid groups (broad SMARTS) is 1. The summed E-state index contributed by atoms with van der Waals surface area (Å²) in [5.41, 5.74) is 3.60. The van der Waals surface area contributed by atoms with E-state index in [1.165, 1.54) is 16.7 Å². The van der Waals surface area contributed by atoms with Gasteiger partial charge in [0.2, 0.25) is 5.91 Å². The molecule has 1 fully saturated rings. The van der Waals surface area contributed by atoms with Gasteiger partial charge >= 0.3 is 5.97 Å². The number of carbonyl (C=O) groups excluding carboxylic acids is 1. The lowest BCUT2D eigenvalue weighted by molar-refractivity contribution is -0.148. The molecule has 0 aliphatic carbocycles. The number of hydrogen-bond acceptors (Lipinski definition) is 2. The maximum atomic E-state index is 12.6. The Bertz CT molecular complexity index is 821. The van der Waals surface area contributed by atoms with Crippen molar-refractivity contribution in [2.75, 3.05) is 13.1 Å². The van der Waals surface area contributed by atoms with Crippen molar-refractivity contribution in [2.45, 2.75) is 44.9 Å². The fraction of sp³-hybridized carbons (Fsp3) is 0.391. The van der Waals surface area contributed by atoms with Crippen molar-refractivity contribution >= 4 is 11.9 Å². The Hall–Kier alpha value is -2.62. The molecule has 0 unspecified atom stereocenters. The first kappa shape index (κ1) is 19.2. The van der Waals surface area contributed by atoms with Gasteiger partial charge < -0.3 is 10.0 Å². The number of rotatable bonds is 5. The molecular weight excluding hydrogens is 338 g/mol. The van der Waals surface area contributed by atoms with Crippen molar-refractivity contribution in [3.63, 3.8) is 0 Å². The maximum absolute atomic E-state index is 12.6. The molecule has 0 saturated carbocycles. The van der Waals surface area contributed by atoms with Gasteiger partial charge in [0, 0.05) is 19.5 Å². The van der Waals surface area contributed by atoms with Crippen LogP contribution in [0.4, 0.5) is 0 Å². The van der Waals surface area contributed by atoms with Crippen molar-refractivity contribution in [1.82, 2.24) is 4.90 Å². The zero-order chi connectivity index (χ0) is 19.4. The first-order chi connectivity index (χ1) is 12.9. The summed E-state index contributed by atoms with van der Waals surface area (Å²) in [4.78, 5) is 26.5. The summed E-state index contributed by atoms with van der Waals surface area (Å²) in [6.45, 7) is 5.13. The predicted molar refractivity (Wildman–Crippen MR) is 106 cm³/mol. The summed E-state index contributed by atoms with van der Waals surface area (Å²) in [6, 6.07) is 15.7. The zero-order valence-corrected chi connectivity index (χ0v) is 16.1. The molecule has 1 aliphatic rings. The Labute approximate surface area is 160 Å². The SMILES string of the molecule is Cc1ccc(CCC(=O)N2CCC(C(=O)O)(c3ccccc3)CC2)c(C)c1. The van der Waals surface area contributed by atoms with Crippen LogP contribution in [0.3, 0.4) is 0 Å². The Balaban J connectivity index is 1.62. The maximum Gasteiger partial charge on any atom is 0.314 e. The highest BCUT2D eigenvalue weighted by atomic mass is 16.4. The number of nitrogens with zero attached hydrogens (tertiary/aromatic N) is 1. The van der Waals surface area contributed by atoms with E-state index in [-0.39, 0.29) is 5.91 Å². The minimum Gasteiger partial charge on any atom is -0.481 e. The highest BCUT2D eigenvalue weighted by Gasteiger charge is 2.43. The second-order valence-corrected chi connectivity index (χ2v) is 7.56. The van der Waals surface area contributed by atoms with Crippen LogP contribution < -0.4 is 0 Å². The van der Waals surface area contributed by atoms with Crippen molar-refractivity contribution in [2.24, 2.45) is 0 Å². The third-order valence-corrected chi connectivity index (χ3v) is 5.81. The van der Waals surface area contributed by atoms with Crippen LogP contribution in [0.5, 0.6) is 0 Å². The summed E-state index contributed by atoms with van der Waals surface area (Å²) >= 11 is 0. The number of aliphatic carboxylic acids is 1. The fourth-order valence-electron chi connectivity index (χ4n) is 4.05. The molecule has 3 rings (SSSR count). The molecule has 0 radical (unpaired) electrons. The third kappa shape index (κ3) is 4.05. The van der Waals surface area contributed by atoms with Crippen molar-refractivity contribution in [1.29, 1.82) is 0 Å². The van der Waals surface area contributed by atoms with E-state index in [0.717, 1.165) is 12.0 Å².